The van der Waals surface area contributed by atoms with E-state index in [0.29, 0.717) is 56.5 Å². The minimum atomic E-state index is -1.08. The molecule has 1 aromatic heterocycles. The molecule has 1 atom stereocenters. The third kappa shape index (κ3) is 5.42. The van der Waals surface area contributed by atoms with Gasteiger partial charge in [0.15, 0.2) is 0 Å². The van der Waals surface area contributed by atoms with Crippen LogP contribution in [0.1, 0.15) is 49.0 Å². The van der Waals surface area contributed by atoms with Gasteiger partial charge in [-0.05, 0) is 117 Å². The number of rotatable bonds is 9. The highest BCUT2D eigenvalue weighted by Crippen LogP contribution is 2.59. The second kappa shape index (κ2) is 12.4. The average Bonchev–Trinajstić information content (AvgIpc) is 3.46. The van der Waals surface area contributed by atoms with Gasteiger partial charge < -0.3 is 24.4 Å². The van der Waals surface area contributed by atoms with Gasteiger partial charge in [-0.1, -0.05) is 23.7 Å². The van der Waals surface area contributed by atoms with Crippen LogP contribution in [0.3, 0.4) is 0 Å². The number of amides is 1. The molecule has 5 aliphatic rings. The highest BCUT2D eigenvalue weighted by molar-refractivity contribution is 6.66. The number of nitrogens with zero attached hydrogens (tertiary/aromatic N) is 2. The van der Waals surface area contributed by atoms with E-state index in [4.69, 9.17) is 42.4 Å². The first kappa shape index (κ1) is 31.3. The smallest absolute Gasteiger partial charge is 0.270 e. The number of halogens is 2. The van der Waals surface area contributed by atoms with Crippen molar-refractivity contribution in [3.05, 3.63) is 59.2 Å². The lowest BCUT2D eigenvalue weighted by atomic mass is 9.49. The summed E-state index contributed by atoms with van der Waals surface area (Å²) < 4.78 is 17.9. The molecule has 242 valence electrons. The molecule has 46 heavy (non-hydrogen) atoms. The summed E-state index contributed by atoms with van der Waals surface area (Å²) in [5, 5.41) is 3.19. The van der Waals surface area contributed by atoms with Crippen LogP contribution in [-0.4, -0.2) is 67.0 Å². The molecule has 8 rings (SSSR count). The molecule has 4 saturated carbocycles. The molecule has 2 heterocycles. The Balaban J connectivity index is 1.31. The maximum Gasteiger partial charge on any atom is 0.270 e. The van der Waals surface area contributed by atoms with E-state index in [1.807, 2.05) is 36.4 Å². The van der Waals surface area contributed by atoms with Crippen LogP contribution in [0.15, 0.2) is 48.5 Å². The molecule has 8 nitrogen and oxygen atoms in total. The van der Waals surface area contributed by atoms with Gasteiger partial charge in [0.25, 0.3) is 5.91 Å². The first-order chi connectivity index (χ1) is 22.2. The molecule has 4 bridgehead atoms. The Morgan fingerprint density at radius 2 is 1.61 bits per heavy atom. The van der Waals surface area contributed by atoms with Gasteiger partial charge in [0, 0.05) is 24.2 Å². The average molecular weight is 665 g/mol. The number of benzene rings is 2. The lowest BCUT2D eigenvalue weighted by Gasteiger charge is -2.59. The van der Waals surface area contributed by atoms with Crippen LogP contribution in [0.25, 0.3) is 22.4 Å². The molecule has 0 radical (unpaired) electrons. The number of pyridine rings is 1. The van der Waals surface area contributed by atoms with Crippen molar-refractivity contribution in [2.75, 3.05) is 34.4 Å². The topological polar surface area (TPSA) is 90.0 Å². The summed E-state index contributed by atoms with van der Waals surface area (Å²) in [7, 11) is 5.28. The normalized spacial score (nSPS) is 28.2. The van der Waals surface area contributed by atoms with Gasteiger partial charge >= 0.3 is 0 Å². The van der Waals surface area contributed by atoms with Gasteiger partial charge in [-0.15, -0.1) is 0 Å². The predicted molar refractivity (Wildman–Crippen MR) is 178 cm³/mol. The monoisotopic (exact) mass is 663 g/mol. The third-order valence-corrected chi connectivity index (χ3v) is 11.4. The number of hydrogen-bond acceptors (Lipinski definition) is 7. The van der Waals surface area contributed by atoms with Crippen molar-refractivity contribution in [1.29, 1.82) is 0 Å². The van der Waals surface area contributed by atoms with E-state index in [0.717, 1.165) is 45.2 Å². The van der Waals surface area contributed by atoms with E-state index in [1.165, 1.54) is 6.42 Å². The van der Waals surface area contributed by atoms with Crippen LogP contribution in [-0.2, 0) is 4.79 Å². The number of ether oxygens (including phenoxy) is 3. The Morgan fingerprint density at radius 1 is 0.935 bits per heavy atom. The quantitative estimate of drug-likeness (QED) is 0.250. The number of carbonyl (C=O) groups excluding carboxylic acids is 2. The Bertz CT molecular complexity index is 1630. The zero-order valence-corrected chi connectivity index (χ0v) is 27.9. The van der Waals surface area contributed by atoms with E-state index < -0.39 is 16.7 Å². The van der Waals surface area contributed by atoms with Crippen molar-refractivity contribution in [1.82, 2.24) is 15.2 Å². The van der Waals surface area contributed by atoms with E-state index in [2.05, 4.69) is 17.3 Å². The maximum atomic E-state index is 14.1. The van der Waals surface area contributed by atoms with Crippen molar-refractivity contribution < 1.29 is 23.8 Å². The number of hydrogen-bond donors (Lipinski definition) is 1. The molecule has 2 aromatic carbocycles. The van der Waals surface area contributed by atoms with Crippen molar-refractivity contribution in [2.24, 2.45) is 23.7 Å². The van der Waals surface area contributed by atoms with Gasteiger partial charge in [0.1, 0.15) is 34.6 Å². The highest BCUT2D eigenvalue weighted by Gasteiger charge is 2.61. The molecule has 1 unspecified atom stereocenters. The Hall–Kier alpha value is -3.33. The fourth-order valence-electron chi connectivity index (χ4n) is 8.79. The van der Waals surface area contributed by atoms with Crippen molar-refractivity contribution in [3.8, 4) is 39.6 Å². The number of nitrogens with one attached hydrogen (secondary N) is 1. The van der Waals surface area contributed by atoms with Crippen LogP contribution in [0.5, 0.6) is 17.2 Å². The molecule has 5 fully saturated rings. The minimum Gasteiger partial charge on any atom is -0.496 e. The molecular formula is C36H39Cl2N3O5. The Kier molecular flexibility index (Phi) is 8.41. The first-order valence-electron chi connectivity index (χ1n) is 16.1. The standard InChI is InChI=1S/C36H39Cl2N3O5/c1-41-12-11-25(19-41)46-31-18-22(7-9-27(31)37)33-26(32-29(44-2)5-4-6-30(32)45-3)8-10-28(39-33)34(42)40-36(35(38)43)23-14-20-13-21(16-23)17-24(36)15-20/h4-10,18,20-21,23-25H,11-17,19H2,1-3H3,(H,40,42). The van der Waals surface area contributed by atoms with E-state index >= 15 is 0 Å². The van der Waals surface area contributed by atoms with E-state index in [9.17, 15) is 9.59 Å². The number of likely N-dealkylation sites (N-methyl/N-ethyl adjacent to an activating group) is 1. The van der Waals surface area contributed by atoms with Gasteiger partial charge in [0.05, 0.1) is 30.5 Å². The molecule has 4 aliphatic carbocycles. The third-order valence-electron chi connectivity index (χ3n) is 10.7. The summed E-state index contributed by atoms with van der Waals surface area (Å²) in [5.74, 6) is 2.62. The van der Waals surface area contributed by atoms with Gasteiger partial charge in [-0.25, -0.2) is 4.98 Å². The number of methoxy groups -OCH3 is 2. The second-order valence-electron chi connectivity index (χ2n) is 13.5. The Morgan fingerprint density at radius 3 is 2.20 bits per heavy atom. The summed E-state index contributed by atoms with van der Waals surface area (Å²) in [6.07, 6.45) is 5.81. The lowest BCUT2D eigenvalue weighted by molar-refractivity contribution is -0.135. The molecule has 1 saturated heterocycles. The largest absolute Gasteiger partial charge is 0.496 e. The molecule has 3 aromatic rings. The van der Waals surface area contributed by atoms with Crippen LogP contribution in [0.2, 0.25) is 5.02 Å². The van der Waals surface area contributed by atoms with Crippen LogP contribution in [0, 0.1) is 23.7 Å². The van der Waals surface area contributed by atoms with Crippen molar-refractivity contribution >= 4 is 34.4 Å². The van der Waals surface area contributed by atoms with Crippen LogP contribution >= 0.6 is 23.2 Å². The Labute approximate surface area is 279 Å². The van der Waals surface area contributed by atoms with Crippen molar-refractivity contribution in [3.63, 3.8) is 0 Å². The van der Waals surface area contributed by atoms with Crippen molar-refractivity contribution in [2.45, 2.75) is 50.2 Å². The van der Waals surface area contributed by atoms with E-state index in [1.54, 1.807) is 26.4 Å². The molecule has 1 aliphatic heterocycles. The fourth-order valence-corrected chi connectivity index (χ4v) is 9.31. The van der Waals surface area contributed by atoms with Crippen LogP contribution in [0.4, 0.5) is 0 Å². The lowest BCUT2D eigenvalue weighted by Crippen LogP contribution is -2.69. The summed E-state index contributed by atoms with van der Waals surface area (Å²) in [6, 6.07) is 14.6. The molecule has 0 spiro atoms. The summed E-state index contributed by atoms with van der Waals surface area (Å²) >= 11 is 13.0. The predicted octanol–water partition coefficient (Wildman–Crippen LogP) is 6.86. The zero-order chi connectivity index (χ0) is 32.2. The maximum absolute atomic E-state index is 14.1. The summed E-state index contributed by atoms with van der Waals surface area (Å²) in [6.45, 7) is 1.76. The van der Waals surface area contributed by atoms with Gasteiger partial charge in [-0.2, -0.15) is 0 Å². The zero-order valence-electron chi connectivity index (χ0n) is 26.4. The van der Waals surface area contributed by atoms with Crippen LogP contribution < -0.4 is 19.5 Å². The number of aromatic nitrogens is 1. The molecule has 10 heteroatoms. The first-order valence-corrected chi connectivity index (χ1v) is 16.9. The molecule has 1 N–H and O–H groups in total. The number of carbonyl (C=O) groups is 2. The highest BCUT2D eigenvalue weighted by atomic mass is 35.5. The van der Waals surface area contributed by atoms with Gasteiger partial charge in [0.2, 0.25) is 5.24 Å². The van der Waals surface area contributed by atoms with E-state index in [-0.39, 0.29) is 23.6 Å². The number of likely N-dealkylation sites (tertiary alicyclic amines) is 1. The summed E-state index contributed by atoms with van der Waals surface area (Å²) in [5.41, 5.74) is 1.75. The molecule has 1 amide bonds. The fraction of sp³-hybridized carbons (Fsp3) is 0.472. The second-order valence-corrected chi connectivity index (χ2v) is 14.2. The molecular weight excluding hydrogens is 625 g/mol. The van der Waals surface area contributed by atoms with Gasteiger partial charge in [-0.3, -0.25) is 9.59 Å². The minimum absolute atomic E-state index is 0.0156. The SMILES string of the molecule is COc1cccc(OC)c1-c1ccc(C(=O)NC2(C(=O)Cl)C3CC4CC(C3)CC2C4)nc1-c1ccc(Cl)c(OC2CCN(C)C2)c1. The summed E-state index contributed by atoms with van der Waals surface area (Å²) in [4.78, 5) is 34.5.